The molecular formula is C17H24N2O2. The highest BCUT2D eigenvalue weighted by molar-refractivity contribution is 5.77. The Morgan fingerprint density at radius 1 is 1.19 bits per heavy atom. The molecule has 0 spiro atoms. The smallest absolute Gasteiger partial charge is 0.225 e. The lowest BCUT2D eigenvalue weighted by molar-refractivity contribution is -0.135. The first-order valence-corrected chi connectivity index (χ1v) is 7.98. The van der Waals surface area contributed by atoms with E-state index in [1.807, 2.05) is 30.3 Å². The van der Waals surface area contributed by atoms with Gasteiger partial charge in [-0.05, 0) is 31.4 Å². The van der Waals surface area contributed by atoms with Crippen molar-refractivity contribution < 1.29 is 9.53 Å². The van der Waals surface area contributed by atoms with Crippen LogP contribution in [0.15, 0.2) is 30.3 Å². The molecule has 2 bridgehead atoms. The van der Waals surface area contributed by atoms with E-state index in [1.54, 1.807) is 0 Å². The number of benzene rings is 1. The predicted octanol–water partition coefficient (Wildman–Crippen LogP) is 1.95. The molecule has 114 valence electrons. The molecule has 2 heterocycles. The fourth-order valence-electron chi connectivity index (χ4n) is 3.44. The molecule has 2 unspecified atom stereocenters. The van der Waals surface area contributed by atoms with Crippen LogP contribution in [0.3, 0.4) is 0 Å². The van der Waals surface area contributed by atoms with Crippen LogP contribution >= 0.6 is 0 Å². The molecule has 4 nitrogen and oxygen atoms in total. The second-order valence-electron chi connectivity index (χ2n) is 5.97. The molecule has 0 radical (unpaired) electrons. The maximum Gasteiger partial charge on any atom is 0.225 e. The molecule has 1 amide bonds. The second-order valence-corrected chi connectivity index (χ2v) is 5.97. The molecule has 2 aliphatic heterocycles. The normalized spacial score (nSPS) is 24.9. The Morgan fingerprint density at radius 3 is 2.86 bits per heavy atom. The van der Waals surface area contributed by atoms with Gasteiger partial charge in [-0.1, -0.05) is 30.3 Å². The Kier molecular flexibility index (Phi) is 4.88. The summed E-state index contributed by atoms with van der Waals surface area (Å²) >= 11 is 0. The fourth-order valence-corrected chi connectivity index (χ4v) is 3.44. The molecule has 0 aliphatic carbocycles. The molecule has 2 aliphatic rings. The zero-order valence-electron chi connectivity index (χ0n) is 12.5. The van der Waals surface area contributed by atoms with E-state index in [4.69, 9.17) is 4.74 Å². The van der Waals surface area contributed by atoms with Crippen LogP contribution in [-0.4, -0.2) is 42.6 Å². The number of amides is 1. The van der Waals surface area contributed by atoms with Gasteiger partial charge in [0, 0.05) is 18.6 Å². The Hall–Kier alpha value is -1.39. The van der Waals surface area contributed by atoms with E-state index in [0.717, 1.165) is 31.5 Å². The number of fused-ring (bicyclic) bond motifs is 2. The van der Waals surface area contributed by atoms with E-state index in [1.165, 1.54) is 6.42 Å². The summed E-state index contributed by atoms with van der Waals surface area (Å²) in [5.74, 6) is 0.263. The zero-order chi connectivity index (χ0) is 14.5. The van der Waals surface area contributed by atoms with Crippen LogP contribution in [0, 0.1) is 0 Å². The molecule has 2 saturated heterocycles. The molecule has 0 saturated carbocycles. The van der Waals surface area contributed by atoms with Crippen LogP contribution in [0.25, 0.3) is 0 Å². The Morgan fingerprint density at radius 2 is 2.00 bits per heavy atom. The molecule has 2 atom stereocenters. The van der Waals surface area contributed by atoms with Crippen LogP contribution in [-0.2, 0) is 16.1 Å². The third-order valence-corrected chi connectivity index (χ3v) is 4.51. The summed E-state index contributed by atoms with van der Waals surface area (Å²) in [5.41, 5.74) is 1.16. The van der Waals surface area contributed by atoms with Gasteiger partial charge in [0.05, 0.1) is 19.6 Å². The minimum Gasteiger partial charge on any atom is -0.376 e. The van der Waals surface area contributed by atoms with Gasteiger partial charge in [0.25, 0.3) is 0 Å². The predicted molar refractivity (Wildman–Crippen MR) is 81.9 cm³/mol. The average molecular weight is 288 g/mol. The lowest BCUT2D eigenvalue weighted by atomic mass is 10.1. The first-order valence-electron chi connectivity index (χ1n) is 7.98. The minimum absolute atomic E-state index is 0.263. The third kappa shape index (κ3) is 3.63. The van der Waals surface area contributed by atoms with Gasteiger partial charge in [-0.2, -0.15) is 0 Å². The Bertz CT molecular complexity index is 449. The molecule has 3 rings (SSSR count). The first-order chi connectivity index (χ1) is 10.3. The summed E-state index contributed by atoms with van der Waals surface area (Å²) in [7, 11) is 0. The first kappa shape index (κ1) is 14.5. The summed E-state index contributed by atoms with van der Waals surface area (Å²) in [5, 5.41) is 3.43. The maximum atomic E-state index is 12.4. The van der Waals surface area contributed by atoms with Gasteiger partial charge in [-0.25, -0.2) is 0 Å². The number of rotatable bonds is 5. The molecule has 1 aromatic carbocycles. The van der Waals surface area contributed by atoms with E-state index in [9.17, 15) is 4.79 Å². The van der Waals surface area contributed by atoms with Crippen molar-refractivity contribution in [3.63, 3.8) is 0 Å². The van der Waals surface area contributed by atoms with E-state index in [0.29, 0.717) is 31.7 Å². The number of nitrogens with zero attached hydrogens (tertiary/aromatic N) is 1. The van der Waals surface area contributed by atoms with Crippen LogP contribution in [0.5, 0.6) is 0 Å². The van der Waals surface area contributed by atoms with Crippen LogP contribution in [0.2, 0.25) is 0 Å². The lowest BCUT2D eigenvalue weighted by Gasteiger charge is -2.28. The number of ether oxygens (including phenoxy) is 1. The molecule has 2 fully saturated rings. The van der Waals surface area contributed by atoms with Gasteiger partial charge in [-0.15, -0.1) is 0 Å². The van der Waals surface area contributed by atoms with E-state index >= 15 is 0 Å². The molecular weight excluding hydrogens is 264 g/mol. The SMILES string of the molecule is O=C(CCOCc1ccccc1)N1C2CCNCC1CC2. The largest absolute Gasteiger partial charge is 0.376 e. The van der Waals surface area contributed by atoms with Crippen molar-refractivity contribution in [3.8, 4) is 0 Å². The van der Waals surface area contributed by atoms with Crippen molar-refractivity contribution in [3.05, 3.63) is 35.9 Å². The lowest BCUT2D eigenvalue weighted by Crippen LogP contribution is -2.42. The van der Waals surface area contributed by atoms with Crippen LogP contribution < -0.4 is 5.32 Å². The van der Waals surface area contributed by atoms with Gasteiger partial charge < -0.3 is 15.0 Å². The van der Waals surface area contributed by atoms with Gasteiger partial charge >= 0.3 is 0 Å². The van der Waals surface area contributed by atoms with Crippen molar-refractivity contribution >= 4 is 5.91 Å². The maximum absolute atomic E-state index is 12.4. The summed E-state index contributed by atoms with van der Waals surface area (Å²) in [4.78, 5) is 14.6. The van der Waals surface area contributed by atoms with Crippen molar-refractivity contribution in [2.24, 2.45) is 0 Å². The quantitative estimate of drug-likeness (QED) is 0.842. The van der Waals surface area contributed by atoms with E-state index < -0.39 is 0 Å². The second kappa shape index (κ2) is 7.05. The summed E-state index contributed by atoms with van der Waals surface area (Å²) in [6, 6.07) is 10.9. The van der Waals surface area contributed by atoms with Crippen molar-refractivity contribution in [1.82, 2.24) is 10.2 Å². The summed E-state index contributed by atoms with van der Waals surface area (Å²) in [6.45, 7) is 3.09. The van der Waals surface area contributed by atoms with Crippen LogP contribution in [0.1, 0.15) is 31.2 Å². The van der Waals surface area contributed by atoms with Gasteiger partial charge in [0.1, 0.15) is 0 Å². The molecule has 0 aromatic heterocycles. The summed E-state index contributed by atoms with van der Waals surface area (Å²) < 4.78 is 5.64. The number of carbonyl (C=O) groups excluding carboxylic acids is 1. The highest BCUT2D eigenvalue weighted by Crippen LogP contribution is 2.28. The highest BCUT2D eigenvalue weighted by atomic mass is 16.5. The number of carbonyl (C=O) groups is 1. The zero-order valence-corrected chi connectivity index (χ0v) is 12.5. The molecule has 21 heavy (non-hydrogen) atoms. The van der Waals surface area contributed by atoms with Gasteiger partial charge in [0.15, 0.2) is 0 Å². The van der Waals surface area contributed by atoms with Crippen LogP contribution in [0.4, 0.5) is 0 Å². The third-order valence-electron chi connectivity index (χ3n) is 4.51. The highest BCUT2D eigenvalue weighted by Gasteiger charge is 2.37. The van der Waals surface area contributed by atoms with Crippen molar-refractivity contribution in [2.45, 2.75) is 44.4 Å². The van der Waals surface area contributed by atoms with E-state index in [2.05, 4.69) is 10.2 Å². The topological polar surface area (TPSA) is 41.6 Å². The monoisotopic (exact) mass is 288 g/mol. The molecule has 4 heteroatoms. The fraction of sp³-hybridized carbons (Fsp3) is 0.588. The Labute approximate surface area is 126 Å². The number of hydrogen-bond donors (Lipinski definition) is 1. The van der Waals surface area contributed by atoms with Crippen molar-refractivity contribution in [2.75, 3.05) is 19.7 Å². The van der Waals surface area contributed by atoms with Gasteiger partial charge in [-0.3, -0.25) is 4.79 Å². The minimum atomic E-state index is 0.263. The van der Waals surface area contributed by atoms with Crippen molar-refractivity contribution in [1.29, 1.82) is 0 Å². The van der Waals surface area contributed by atoms with Gasteiger partial charge in [0.2, 0.25) is 5.91 Å². The molecule has 1 aromatic rings. The Balaban J connectivity index is 1.44. The van der Waals surface area contributed by atoms with E-state index in [-0.39, 0.29) is 5.91 Å². The number of hydrogen-bond acceptors (Lipinski definition) is 3. The molecule has 1 N–H and O–H groups in total. The summed E-state index contributed by atoms with van der Waals surface area (Å²) in [6.07, 6.45) is 3.91. The standard InChI is InChI=1S/C17H24N2O2/c20-17(9-11-21-13-14-4-2-1-3-5-14)19-15-6-7-16(19)12-18-10-8-15/h1-5,15-16,18H,6-13H2. The average Bonchev–Trinajstić information content (AvgIpc) is 2.78. The number of nitrogens with one attached hydrogen (secondary N) is 1.